The Balaban J connectivity index is 1.71. The SMILES string of the molecule is CC(NCc1nc2ccccc2s1)c1cc(F)cc(F)c1. The van der Waals surface area contributed by atoms with E-state index in [9.17, 15) is 8.78 Å². The molecule has 21 heavy (non-hydrogen) atoms. The van der Waals surface area contributed by atoms with Crippen molar-refractivity contribution in [1.82, 2.24) is 10.3 Å². The Kier molecular flexibility index (Phi) is 3.94. The normalized spacial score (nSPS) is 12.7. The first-order chi connectivity index (χ1) is 10.1. The van der Waals surface area contributed by atoms with Gasteiger partial charge in [-0.25, -0.2) is 13.8 Å². The van der Waals surface area contributed by atoms with Crippen LogP contribution < -0.4 is 5.32 Å². The summed E-state index contributed by atoms with van der Waals surface area (Å²) in [5.74, 6) is -1.11. The van der Waals surface area contributed by atoms with Crippen molar-refractivity contribution in [3.63, 3.8) is 0 Å². The number of fused-ring (bicyclic) bond motifs is 1. The molecule has 0 amide bonds. The summed E-state index contributed by atoms with van der Waals surface area (Å²) in [4.78, 5) is 4.52. The fourth-order valence-corrected chi connectivity index (χ4v) is 3.10. The van der Waals surface area contributed by atoms with Gasteiger partial charge in [-0.3, -0.25) is 0 Å². The van der Waals surface area contributed by atoms with Crippen molar-refractivity contribution < 1.29 is 8.78 Å². The van der Waals surface area contributed by atoms with Gasteiger partial charge in [-0.2, -0.15) is 0 Å². The smallest absolute Gasteiger partial charge is 0.126 e. The first-order valence-electron chi connectivity index (χ1n) is 6.65. The van der Waals surface area contributed by atoms with E-state index in [4.69, 9.17) is 0 Å². The molecule has 0 radical (unpaired) electrons. The Labute approximate surface area is 125 Å². The van der Waals surface area contributed by atoms with Crippen LogP contribution in [0.25, 0.3) is 10.2 Å². The molecule has 0 aliphatic carbocycles. The Morgan fingerprint density at radius 1 is 1.14 bits per heavy atom. The van der Waals surface area contributed by atoms with Crippen molar-refractivity contribution in [2.45, 2.75) is 19.5 Å². The quantitative estimate of drug-likeness (QED) is 0.771. The standard InChI is InChI=1S/C16H14F2N2S/c1-10(11-6-12(17)8-13(18)7-11)19-9-16-20-14-4-2-3-5-15(14)21-16/h2-8,10,19H,9H2,1H3. The van der Waals surface area contributed by atoms with Crippen LogP contribution in [0.1, 0.15) is 23.5 Å². The van der Waals surface area contributed by atoms with Gasteiger partial charge in [0.15, 0.2) is 0 Å². The van der Waals surface area contributed by atoms with Gasteiger partial charge in [-0.1, -0.05) is 12.1 Å². The third kappa shape index (κ3) is 3.25. The molecule has 0 spiro atoms. The van der Waals surface area contributed by atoms with Crippen molar-refractivity contribution in [2.24, 2.45) is 0 Å². The van der Waals surface area contributed by atoms with Crippen molar-refractivity contribution in [2.75, 3.05) is 0 Å². The van der Waals surface area contributed by atoms with Crippen molar-refractivity contribution in [1.29, 1.82) is 0 Å². The van der Waals surface area contributed by atoms with Crippen LogP contribution in [0.5, 0.6) is 0 Å². The molecule has 3 rings (SSSR count). The zero-order chi connectivity index (χ0) is 14.8. The number of para-hydroxylation sites is 1. The second-order valence-corrected chi connectivity index (χ2v) is 6.00. The lowest BCUT2D eigenvalue weighted by molar-refractivity contribution is 0.545. The molecule has 1 aromatic heterocycles. The fraction of sp³-hybridized carbons (Fsp3) is 0.188. The zero-order valence-electron chi connectivity index (χ0n) is 11.4. The van der Waals surface area contributed by atoms with Gasteiger partial charge >= 0.3 is 0 Å². The maximum atomic E-state index is 13.2. The molecule has 3 aromatic rings. The van der Waals surface area contributed by atoms with E-state index >= 15 is 0 Å². The van der Waals surface area contributed by atoms with Crippen molar-refractivity contribution in [3.05, 3.63) is 64.7 Å². The third-order valence-corrected chi connectivity index (χ3v) is 4.32. The molecule has 108 valence electrons. The second-order valence-electron chi connectivity index (χ2n) is 4.88. The lowest BCUT2D eigenvalue weighted by Gasteiger charge is -2.13. The number of halogens is 2. The lowest BCUT2D eigenvalue weighted by atomic mass is 10.1. The minimum atomic E-state index is -0.557. The lowest BCUT2D eigenvalue weighted by Crippen LogP contribution is -2.18. The molecule has 1 atom stereocenters. The van der Waals surface area contributed by atoms with Crippen LogP contribution in [0.4, 0.5) is 8.78 Å². The highest BCUT2D eigenvalue weighted by Gasteiger charge is 2.10. The van der Waals surface area contributed by atoms with Crippen LogP contribution >= 0.6 is 11.3 Å². The van der Waals surface area contributed by atoms with Gasteiger partial charge < -0.3 is 5.32 Å². The van der Waals surface area contributed by atoms with Crippen LogP contribution in [-0.2, 0) is 6.54 Å². The summed E-state index contributed by atoms with van der Waals surface area (Å²) in [5.41, 5.74) is 1.57. The molecule has 0 fully saturated rings. The summed E-state index contributed by atoms with van der Waals surface area (Å²) >= 11 is 1.62. The van der Waals surface area contributed by atoms with E-state index in [1.165, 1.54) is 12.1 Å². The zero-order valence-corrected chi connectivity index (χ0v) is 12.3. The van der Waals surface area contributed by atoms with Gasteiger partial charge in [-0.15, -0.1) is 11.3 Å². The molecule has 0 saturated heterocycles. The van der Waals surface area contributed by atoms with Gasteiger partial charge in [0, 0.05) is 18.7 Å². The Bertz CT molecular complexity index is 717. The van der Waals surface area contributed by atoms with Crippen molar-refractivity contribution >= 4 is 21.6 Å². The molecular formula is C16H14F2N2S. The molecule has 5 heteroatoms. The van der Waals surface area contributed by atoms with Crippen LogP contribution in [0.2, 0.25) is 0 Å². The second kappa shape index (κ2) is 5.87. The van der Waals surface area contributed by atoms with E-state index in [-0.39, 0.29) is 6.04 Å². The van der Waals surface area contributed by atoms with Gasteiger partial charge in [0.1, 0.15) is 16.6 Å². The fourth-order valence-electron chi connectivity index (χ4n) is 2.18. The van der Waals surface area contributed by atoms with Crippen molar-refractivity contribution in [3.8, 4) is 0 Å². The number of nitrogens with zero attached hydrogens (tertiary/aromatic N) is 1. The maximum Gasteiger partial charge on any atom is 0.126 e. The summed E-state index contributed by atoms with van der Waals surface area (Å²) in [7, 11) is 0. The first-order valence-corrected chi connectivity index (χ1v) is 7.47. The summed E-state index contributed by atoms with van der Waals surface area (Å²) in [6.07, 6.45) is 0. The van der Waals surface area contributed by atoms with Gasteiger partial charge in [0.05, 0.1) is 10.2 Å². The predicted octanol–water partition coefficient (Wildman–Crippen LogP) is 4.43. The number of thiazole rings is 1. The van der Waals surface area contributed by atoms with Gasteiger partial charge in [0.25, 0.3) is 0 Å². The predicted molar refractivity (Wildman–Crippen MR) is 81.2 cm³/mol. The average Bonchev–Trinajstić information content (AvgIpc) is 2.86. The molecule has 0 saturated carbocycles. The third-order valence-electron chi connectivity index (χ3n) is 3.28. The van der Waals surface area contributed by atoms with E-state index < -0.39 is 11.6 Å². The van der Waals surface area contributed by atoms with Gasteiger partial charge in [-0.05, 0) is 36.8 Å². The largest absolute Gasteiger partial charge is 0.304 e. The van der Waals surface area contributed by atoms with Crippen LogP contribution in [-0.4, -0.2) is 4.98 Å². The Morgan fingerprint density at radius 3 is 2.57 bits per heavy atom. The number of aromatic nitrogens is 1. The molecule has 1 unspecified atom stereocenters. The number of hydrogen-bond acceptors (Lipinski definition) is 3. The van der Waals surface area contributed by atoms with E-state index in [1.54, 1.807) is 11.3 Å². The summed E-state index contributed by atoms with van der Waals surface area (Å²) in [6, 6.07) is 11.4. The summed E-state index contributed by atoms with van der Waals surface area (Å²) in [5, 5.41) is 4.20. The van der Waals surface area contributed by atoms with Crippen LogP contribution in [0, 0.1) is 11.6 Å². The molecule has 2 aromatic carbocycles. The monoisotopic (exact) mass is 304 g/mol. The highest BCUT2D eigenvalue weighted by molar-refractivity contribution is 7.18. The van der Waals surface area contributed by atoms with Gasteiger partial charge in [0.2, 0.25) is 0 Å². The Morgan fingerprint density at radius 2 is 1.86 bits per heavy atom. The van der Waals surface area contributed by atoms with E-state index in [0.29, 0.717) is 12.1 Å². The minimum absolute atomic E-state index is 0.151. The van der Waals surface area contributed by atoms with E-state index in [0.717, 1.165) is 21.3 Å². The number of rotatable bonds is 4. The van der Waals surface area contributed by atoms with E-state index in [1.807, 2.05) is 31.2 Å². The number of benzene rings is 2. The maximum absolute atomic E-state index is 13.2. The number of hydrogen-bond donors (Lipinski definition) is 1. The highest BCUT2D eigenvalue weighted by Crippen LogP contribution is 2.22. The summed E-state index contributed by atoms with van der Waals surface area (Å²) in [6.45, 7) is 2.44. The molecule has 1 heterocycles. The number of nitrogens with one attached hydrogen (secondary N) is 1. The molecule has 0 aliphatic heterocycles. The summed E-state index contributed by atoms with van der Waals surface area (Å²) < 4.78 is 27.6. The van der Waals surface area contributed by atoms with Crippen LogP contribution in [0.15, 0.2) is 42.5 Å². The molecule has 0 aliphatic rings. The average molecular weight is 304 g/mol. The topological polar surface area (TPSA) is 24.9 Å². The highest BCUT2D eigenvalue weighted by atomic mass is 32.1. The minimum Gasteiger partial charge on any atom is -0.304 e. The molecule has 0 bridgehead atoms. The molecule has 1 N–H and O–H groups in total. The molecular weight excluding hydrogens is 290 g/mol. The first kappa shape index (κ1) is 14.1. The van der Waals surface area contributed by atoms with Crippen LogP contribution in [0.3, 0.4) is 0 Å². The van der Waals surface area contributed by atoms with E-state index in [2.05, 4.69) is 10.3 Å². The Hall–Kier alpha value is -1.85. The molecule has 2 nitrogen and oxygen atoms in total.